The first-order valence-electron chi connectivity index (χ1n) is 9.44. The second-order valence-electron chi connectivity index (χ2n) is 6.39. The van der Waals surface area contributed by atoms with E-state index in [1.807, 2.05) is 24.3 Å². The van der Waals surface area contributed by atoms with Gasteiger partial charge in [-0.05, 0) is 60.2 Å². The Morgan fingerprint density at radius 2 is 1.81 bits per heavy atom. The predicted molar refractivity (Wildman–Crippen MR) is 130 cm³/mol. The Morgan fingerprint density at radius 1 is 1.06 bits per heavy atom. The van der Waals surface area contributed by atoms with Gasteiger partial charge in [-0.25, -0.2) is 5.43 Å². The molecule has 0 radical (unpaired) electrons. The summed E-state index contributed by atoms with van der Waals surface area (Å²) in [5.41, 5.74) is 3.47. The van der Waals surface area contributed by atoms with Crippen LogP contribution in [0.4, 0.5) is 0 Å². The topological polar surface area (TPSA) is 69.2 Å². The van der Waals surface area contributed by atoms with Gasteiger partial charge >= 0.3 is 0 Å². The molecule has 3 rings (SSSR count). The molecule has 32 heavy (non-hydrogen) atoms. The summed E-state index contributed by atoms with van der Waals surface area (Å²) in [4.78, 5) is 12.1. The lowest BCUT2D eigenvalue weighted by Crippen LogP contribution is -2.17. The summed E-state index contributed by atoms with van der Waals surface area (Å²) < 4.78 is 17.8. The van der Waals surface area contributed by atoms with Gasteiger partial charge in [0.1, 0.15) is 19.0 Å². The van der Waals surface area contributed by atoms with Crippen LogP contribution in [0.1, 0.15) is 15.9 Å². The Bertz CT molecular complexity index is 1110. The Morgan fingerprint density at radius 3 is 2.53 bits per heavy atom. The van der Waals surface area contributed by atoms with Crippen molar-refractivity contribution in [2.75, 3.05) is 20.3 Å². The molecule has 0 aliphatic heterocycles. The lowest BCUT2D eigenvalue weighted by atomic mass is 10.2. The van der Waals surface area contributed by atoms with Crippen LogP contribution in [0.3, 0.4) is 0 Å². The lowest BCUT2D eigenvalue weighted by molar-refractivity contribution is 0.0955. The van der Waals surface area contributed by atoms with E-state index in [2.05, 4.69) is 26.5 Å². The van der Waals surface area contributed by atoms with Crippen molar-refractivity contribution in [3.8, 4) is 17.2 Å². The summed E-state index contributed by atoms with van der Waals surface area (Å²) in [6.07, 6.45) is 1.46. The molecular formula is C23H19BrCl2N2O4. The number of nitrogens with zero attached hydrogens (tertiary/aromatic N) is 1. The van der Waals surface area contributed by atoms with E-state index >= 15 is 0 Å². The zero-order chi connectivity index (χ0) is 22.9. The van der Waals surface area contributed by atoms with Crippen molar-refractivity contribution in [3.63, 3.8) is 0 Å². The third kappa shape index (κ3) is 6.88. The quantitative estimate of drug-likeness (QED) is 0.207. The fraction of sp³-hybridized carbons (Fsp3) is 0.130. The number of amides is 1. The first kappa shape index (κ1) is 23.9. The summed E-state index contributed by atoms with van der Waals surface area (Å²) >= 11 is 15.6. The monoisotopic (exact) mass is 536 g/mol. The van der Waals surface area contributed by atoms with E-state index in [-0.39, 0.29) is 12.5 Å². The Kier molecular flexibility index (Phi) is 8.79. The minimum absolute atomic E-state index is 0.273. The number of benzene rings is 3. The highest BCUT2D eigenvalue weighted by atomic mass is 79.9. The number of methoxy groups -OCH3 is 1. The van der Waals surface area contributed by atoms with Crippen LogP contribution in [-0.2, 0) is 0 Å². The van der Waals surface area contributed by atoms with E-state index in [9.17, 15) is 4.79 Å². The standard InChI is InChI=1S/C23H19BrCl2N2O4/c1-30-21-12-15(14-27-28-23(29)16-3-2-4-18(25)13-16)11-20(26)22(21)32-10-9-31-19-7-5-17(24)6-8-19/h2-8,11-14H,9-10H2,1H3,(H,28,29)/b27-14-. The average molecular weight is 538 g/mol. The molecular weight excluding hydrogens is 519 g/mol. The van der Waals surface area contributed by atoms with Gasteiger partial charge in [0.15, 0.2) is 11.5 Å². The van der Waals surface area contributed by atoms with Crippen LogP contribution in [0, 0.1) is 0 Å². The van der Waals surface area contributed by atoms with Gasteiger partial charge < -0.3 is 14.2 Å². The molecule has 9 heteroatoms. The van der Waals surface area contributed by atoms with E-state index in [1.165, 1.54) is 13.3 Å². The number of halogens is 3. The van der Waals surface area contributed by atoms with Gasteiger partial charge in [-0.3, -0.25) is 4.79 Å². The summed E-state index contributed by atoms with van der Waals surface area (Å²) in [5.74, 6) is 1.19. The maximum absolute atomic E-state index is 12.1. The van der Waals surface area contributed by atoms with Gasteiger partial charge in [0.05, 0.1) is 18.3 Å². The van der Waals surface area contributed by atoms with E-state index in [0.717, 1.165) is 10.2 Å². The van der Waals surface area contributed by atoms with E-state index in [1.54, 1.807) is 36.4 Å². The molecule has 6 nitrogen and oxygen atoms in total. The van der Waals surface area contributed by atoms with Gasteiger partial charge in [0.25, 0.3) is 5.91 Å². The number of hydrogen-bond acceptors (Lipinski definition) is 5. The van der Waals surface area contributed by atoms with Crippen LogP contribution in [0.25, 0.3) is 0 Å². The van der Waals surface area contributed by atoms with Gasteiger partial charge in [0.2, 0.25) is 0 Å². The molecule has 3 aromatic carbocycles. The molecule has 3 aromatic rings. The molecule has 0 unspecified atom stereocenters. The van der Waals surface area contributed by atoms with Gasteiger partial charge in [0, 0.05) is 15.1 Å². The van der Waals surface area contributed by atoms with Crippen molar-refractivity contribution >= 4 is 51.3 Å². The molecule has 0 atom stereocenters. The fourth-order valence-corrected chi connectivity index (χ4v) is 3.38. The first-order chi connectivity index (χ1) is 15.5. The summed E-state index contributed by atoms with van der Waals surface area (Å²) in [6.45, 7) is 0.606. The molecule has 0 spiro atoms. The van der Waals surface area contributed by atoms with E-state index < -0.39 is 0 Å². The van der Waals surface area contributed by atoms with Crippen LogP contribution in [0.2, 0.25) is 10.0 Å². The summed E-state index contributed by atoms with van der Waals surface area (Å²) in [6, 6.07) is 17.4. The largest absolute Gasteiger partial charge is 0.493 e. The number of rotatable bonds is 9. The van der Waals surface area contributed by atoms with Crippen LogP contribution < -0.4 is 19.6 Å². The third-order valence-electron chi connectivity index (χ3n) is 4.13. The highest BCUT2D eigenvalue weighted by Gasteiger charge is 2.12. The third-order valence-corrected chi connectivity index (χ3v) is 5.17. The van der Waals surface area contributed by atoms with Gasteiger partial charge in [-0.1, -0.05) is 45.2 Å². The molecule has 0 aromatic heterocycles. The minimum Gasteiger partial charge on any atom is -0.493 e. The lowest BCUT2D eigenvalue weighted by Gasteiger charge is -2.13. The second-order valence-corrected chi connectivity index (χ2v) is 8.15. The molecule has 0 heterocycles. The first-order valence-corrected chi connectivity index (χ1v) is 11.0. The van der Waals surface area contributed by atoms with Crippen molar-refractivity contribution in [1.82, 2.24) is 5.43 Å². The molecule has 0 fully saturated rings. The SMILES string of the molecule is COc1cc(/C=N\NC(=O)c2cccc(Cl)c2)cc(Cl)c1OCCOc1ccc(Br)cc1. The zero-order valence-corrected chi connectivity index (χ0v) is 20.1. The maximum Gasteiger partial charge on any atom is 0.271 e. The van der Waals surface area contributed by atoms with Crippen molar-refractivity contribution < 1.29 is 19.0 Å². The smallest absolute Gasteiger partial charge is 0.271 e. The molecule has 0 bridgehead atoms. The van der Waals surface area contributed by atoms with Crippen LogP contribution in [-0.4, -0.2) is 32.4 Å². The fourth-order valence-electron chi connectivity index (χ4n) is 2.65. The highest BCUT2D eigenvalue weighted by Crippen LogP contribution is 2.36. The predicted octanol–water partition coefficient (Wildman–Crippen LogP) is 5.99. The van der Waals surface area contributed by atoms with Crippen molar-refractivity contribution in [2.45, 2.75) is 0 Å². The van der Waals surface area contributed by atoms with E-state index in [0.29, 0.717) is 39.3 Å². The van der Waals surface area contributed by atoms with E-state index in [4.69, 9.17) is 37.4 Å². The molecule has 0 saturated carbocycles. The zero-order valence-electron chi connectivity index (χ0n) is 17.0. The Labute approximate surface area is 204 Å². The van der Waals surface area contributed by atoms with Crippen molar-refractivity contribution in [3.05, 3.63) is 86.3 Å². The Hall–Kier alpha value is -2.74. The molecule has 1 amide bonds. The number of carbonyl (C=O) groups excluding carboxylic acids is 1. The number of nitrogens with one attached hydrogen (secondary N) is 1. The van der Waals surface area contributed by atoms with Crippen molar-refractivity contribution in [1.29, 1.82) is 0 Å². The number of carbonyl (C=O) groups is 1. The number of ether oxygens (including phenoxy) is 3. The van der Waals surface area contributed by atoms with Crippen LogP contribution in [0.15, 0.2) is 70.2 Å². The molecule has 1 N–H and O–H groups in total. The summed E-state index contributed by atoms with van der Waals surface area (Å²) in [7, 11) is 1.51. The molecule has 0 saturated heterocycles. The normalized spacial score (nSPS) is 10.8. The average Bonchev–Trinajstić information content (AvgIpc) is 2.78. The van der Waals surface area contributed by atoms with Gasteiger partial charge in [-0.15, -0.1) is 0 Å². The van der Waals surface area contributed by atoms with Crippen LogP contribution >= 0.6 is 39.1 Å². The molecule has 0 aliphatic carbocycles. The van der Waals surface area contributed by atoms with Crippen LogP contribution in [0.5, 0.6) is 17.2 Å². The Balaban J connectivity index is 1.58. The second kappa shape index (κ2) is 11.8. The highest BCUT2D eigenvalue weighted by molar-refractivity contribution is 9.10. The number of hydrazone groups is 1. The number of hydrogen-bond donors (Lipinski definition) is 1. The van der Waals surface area contributed by atoms with Gasteiger partial charge in [-0.2, -0.15) is 5.10 Å². The summed E-state index contributed by atoms with van der Waals surface area (Å²) in [5, 5.41) is 4.77. The molecule has 0 aliphatic rings. The molecule has 166 valence electrons. The minimum atomic E-state index is -0.382. The van der Waals surface area contributed by atoms with Crippen molar-refractivity contribution in [2.24, 2.45) is 5.10 Å². The maximum atomic E-state index is 12.1.